The summed E-state index contributed by atoms with van der Waals surface area (Å²) in [5.74, 6) is -0.0381. The molecule has 0 saturated carbocycles. The van der Waals surface area contributed by atoms with Gasteiger partial charge in [0, 0.05) is 34.5 Å². The van der Waals surface area contributed by atoms with Crippen molar-refractivity contribution in [3.8, 4) is 0 Å². The van der Waals surface area contributed by atoms with E-state index in [0.29, 0.717) is 6.04 Å². The highest BCUT2D eigenvalue weighted by Gasteiger charge is 2.35. The number of fused-ring (bicyclic) bond motifs is 1. The first-order valence-electron chi connectivity index (χ1n) is 9.60. The average Bonchev–Trinajstić information content (AvgIpc) is 3.08. The lowest BCUT2D eigenvalue weighted by molar-refractivity contribution is -0.114. The minimum Gasteiger partial charge on any atom is -0.412 e. The van der Waals surface area contributed by atoms with Crippen LogP contribution in [0, 0.1) is 0 Å². The Bertz CT molecular complexity index is 767. The summed E-state index contributed by atoms with van der Waals surface area (Å²) in [6.07, 6.45) is 6.82. The van der Waals surface area contributed by atoms with E-state index in [2.05, 4.69) is 46.6 Å². The standard InChI is InChI=1S/C22H26N2OS.ClH.H2O/c1-16(25)23-18-7-12-21(13-8-18)26-20-10-5-17(6-11-20)22-14-9-19-4-2-3-15-24(19)22;;/h5-8,10-13,19,22H,2-4,9,14-15H2,1H3,(H,23,25);1H;1H2/t19-,22+;;/m1../s1. The summed E-state index contributed by atoms with van der Waals surface area (Å²) >= 11 is 1.76. The molecule has 2 saturated heterocycles. The van der Waals surface area contributed by atoms with Crippen LogP contribution in [0.3, 0.4) is 0 Å². The van der Waals surface area contributed by atoms with Gasteiger partial charge in [0.2, 0.25) is 5.91 Å². The van der Waals surface area contributed by atoms with Crippen LogP contribution in [0.1, 0.15) is 50.6 Å². The highest BCUT2D eigenvalue weighted by atomic mass is 35.5. The van der Waals surface area contributed by atoms with E-state index in [4.69, 9.17) is 0 Å². The second kappa shape index (κ2) is 10.3. The highest BCUT2D eigenvalue weighted by molar-refractivity contribution is 7.99. The molecule has 2 atom stereocenters. The Morgan fingerprint density at radius 3 is 2.25 bits per heavy atom. The highest BCUT2D eigenvalue weighted by Crippen LogP contribution is 2.41. The van der Waals surface area contributed by atoms with Gasteiger partial charge in [-0.15, -0.1) is 12.4 Å². The fourth-order valence-electron chi connectivity index (χ4n) is 4.32. The van der Waals surface area contributed by atoms with Crippen molar-refractivity contribution in [3.05, 3.63) is 54.1 Å². The van der Waals surface area contributed by atoms with Crippen molar-refractivity contribution >= 4 is 35.8 Å². The van der Waals surface area contributed by atoms with Crippen LogP contribution in [-0.4, -0.2) is 28.9 Å². The lowest BCUT2D eigenvalue weighted by atomic mass is 10.0. The van der Waals surface area contributed by atoms with E-state index in [1.807, 2.05) is 12.1 Å². The summed E-state index contributed by atoms with van der Waals surface area (Å²) in [6.45, 7) is 2.80. The molecule has 2 aliphatic rings. The third-order valence-corrected chi connectivity index (χ3v) is 6.54. The molecule has 28 heavy (non-hydrogen) atoms. The SMILES string of the molecule is CC(=O)Nc1ccc(Sc2ccc([C@@H]3CC[C@H]4CCCCN43)cc2)cc1.Cl.O. The molecule has 0 spiro atoms. The molecule has 0 unspecified atom stereocenters. The van der Waals surface area contributed by atoms with E-state index in [1.54, 1.807) is 11.8 Å². The number of benzene rings is 2. The molecule has 3 N–H and O–H groups in total. The van der Waals surface area contributed by atoms with Gasteiger partial charge in [0.05, 0.1) is 0 Å². The molecule has 2 aliphatic heterocycles. The zero-order chi connectivity index (χ0) is 17.9. The second-order valence-electron chi connectivity index (χ2n) is 7.36. The van der Waals surface area contributed by atoms with Crippen LogP contribution in [0.15, 0.2) is 58.3 Å². The van der Waals surface area contributed by atoms with Gasteiger partial charge >= 0.3 is 0 Å². The van der Waals surface area contributed by atoms with Crippen molar-refractivity contribution in [1.82, 2.24) is 4.90 Å². The number of amides is 1. The quantitative estimate of drug-likeness (QED) is 0.749. The zero-order valence-corrected chi connectivity index (χ0v) is 17.8. The summed E-state index contributed by atoms with van der Waals surface area (Å²) in [5.41, 5.74) is 2.31. The van der Waals surface area contributed by atoms with E-state index in [0.717, 1.165) is 11.7 Å². The molecule has 152 valence electrons. The molecule has 2 heterocycles. The van der Waals surface area contributed by atoms with Gasteiger partial charge in [-0.2, -0.15) is 0 Å². The van der Waals surface area contributed by atoms with Crippen LogP contribution < -0.4 is 5.32 Å². The number of rotatable bonds is 4. The lowest BCUT2D eigenvalue weighted by Crippen LogP contribution is -2.35. The van der Waals surface area contributed by atoms with Crippen molar-refractivity contribution in [3.63, 3.8) is 0 Å². The van der Waals surface area contributed by atoms with Crippen LogP contribution in [0.5, 0.6) is 0 Å². The predicted octanol–water partition coefficient (Wildman–Crippen LogP) is 5.08. The van der Waals surface area contributed by atoms with Crippen molar-refractivity contribution < 1.29 is 10.3 Å². The first-order valence-corrected chi connectivity index (χ1v) is 10.4. The smallest absolute Gasteiger partial charge is 0.221 e. The first-order chi connectivity index (χ1) is 12.7. The number of nitrogens with one attached hydrogen (secondary N) is 1. The maximum atomic E-state index is 11.1. The molecule has 6 heteroatoms. The first kappa shape index (κ1) is 22.8. The minimum atomic E-state index is -0.0381. The predicted molar refractivity (Wildman–Crippen MR) is 118 cm³/mol. The van der Waals surface area contributed by atoms with E-state index < -0.39 is 0 Å². The second-order valence-corrected chi connectivity index (χ2v) is 8.50. The Morgan fingerprint density at radius 2 is 1.61 bits per heavy atom. The Kier molecular flexibility index (Phi) is 8.38. The average molecular weight is 421 g/mol. The number of carbonyl (C=O) groups is 1. The van der Waals surface area contributed by atoms with Crippen LogP contribution in [0.4, 0.5) is 5.69 Å². The summed E-state index contributed by atoms with van der Waals surface area (Å²) in [6, 6.07) is 18.6. The number of halogens is 1. The van der Waals surface area contributed by atoms with E-state index >= 15 is 0 Å². The lowest BCUT2D eigenvalue weighted by Gasteiger charge is -2.34. The number of carbonyl (C=O) groups excluding carboxylic acids is 1. The molecule has 0 aromatic heterocycles. The summed E-state index contributed by atoms with van der Waals surface area (Å²) in [4.78, 5) is 16.3. The Labute approximate surface area is 177 Å². The van der Waals surface area contributed by atoms with Gasteiger partial charge in [0.15, 0.2) is 0 Å². The van der Waals surface area contributed by atoms with Crippen molar-refractivity contribution in [2.75, 3.05) is 11.9 Å². The van der Waals surface area contributed by atoms with Crippen molar-refractivity contribution in [2.45, 2.75) is 60.9 Å². The van der Waals surface area contributed by atoms with Gasteiger partial charge in [-0.25, -0.2) is 0 Å². The van der Waals surface area contributed by atoms with Crippen LogP contribution >= 0.6 is 24.2 Å². The molecular weight excluding hydrogens is 392 g/mol. The van der Waals surface area contributed by atoms with Gasteiger partial charge in [-0.1, -0.05) is 30.3 Å². The van der Waals surface area contributed by atoms with Gasteiger partial charge < -0.3 is 10.8 Å². The molecule has 0 aliphatic carbocycles. The normalized spacial score (nSPS) is 21.2. The number of nitrogens with zero attached hydrogens (tertiary/aromatic N) is 1. The third kappa shape index (κ3) is 5.29. The zero-order valence-electron chi connectivity index (χ0n) is 16.2. The number of piperidine rings is 1. The molecule has 2 aromatic carbocycles. The van der Waals surface area contributed by atoms with Gasteiger partial charge in [-0.05, 0) is 74.2 Å². The third-order valence-electron chi connectivity index (χ3n) is 5.52. The van der Waals surface area contributed by atoms with E-state index in [9.17, 15) is 4.79 Å². The fourth-order valence-corrected chi connectivity index (χ4v) is 5.14. The molecule has 4 nitrogen and oxygen atoms in total. The van der Waals surface area contributed by atoms with Crippen LogP contribution in [0.2, 0.25) is 0 Å². The topological polar surface area (TPSA) is 63.8 Å². The molecule has 4 rings (SSSR count). The van der Waals surface area contributed by atoms with Crippen LogP contribution in [0.25, 0.3) is 0 Å². The van der Waals surface area contributed by atoms with Gasteiger partial charge in [-0.3, -0.25) is 9.69 Å². The molecular formula is C22H29ClN2O2S. The van der Waals surface area contributed by atoms with E-state index in [1.165, 1.54) is 60.9 Å². The maximum Gasteiger partial charge on any atom is 0.221 e. The molecule has 0 bridgehead atoms. The Morgan fingerprint density at radius 1 is 0.964 bits per heavy atom. The van der Waals surface area contributed by atoms with Crippen molar-refractivity contribution in [2.24, 2.45) is 0 Å². The minimum absolute atomic E-state index is 0. The Balaban J connectivity index is 0.00000140. The van der Waals surface area contributed by atoms with E-state index in [-0.39, 0.29) is 23.8 Å². The number of hydrogen-bond donors (Lipinski definition) is 1. The molecule has 2 aromatic rings. The number of anilines is 1. The maximum absolute atomic E-state index is 11.1. The largest absolute Gasteiger partial charge is 0.412 e. The molecule has 1 amide bonds. The van der Waals surface area contributed by atoms with Crippen molar-refractivity contribution in [1.29, 1.82) is 0 Å². The summed E-state index contributed by atoms with van der Waals surface area (Å²) in [5, 5.41) is 2.80. The monoisotopic (exact) mass is 420 g/mol. The molecule has 2 fully saturated rings. The molecule has 0 radical (unpaired) electrons. The van der Waals surface area contributed by atoms with Crippen LogP contribution in [-0.2, 0) is 4.79 Å². The number of hydrogen-bond acceptors (Lipinski definition) is 3. The summed E-state index contributed by atoms with van der Waals surface area (Å²) < 4.78 is 0. The summed E-state index contributed by atoms with van der Waals surface area (Å²) in [7, 11) is 0. The Hall–Kier alpha value is -1.53. The van der Waals surface area contributed by atoms with Gasteiger partial charge in [0.1, 0.15) is 0 Å². The van der Waals surface area contributed by atoms with Gasteiger partial charge in [0.25, 0.3) is 0 Å². The fraction of sp³-hybridized carbons (Fsp3) is 0.409.